The maximum absolute atomic E-state index is 12.6. The van der Waals surface area contributed by atoms with Crippen molar-refractivity contribution in [2.24, 2.45) is 0 Å². The first-order valence-corrected chi connectivity index (χ1v) is 9.15. The molecule has 0 unspecified atom stereocenters. The molecule has 3 aromatic rings. The lowest BCUT2D eigenvalue weighted by molar-refractivity contribution is 0.0942. The van der Waals surface area contributed by atoms with Crippen molar-refractivity contribution >= 4 is 39.8 Å². The smallest absolute Gasteiger partial charge is 0.291 e. The number of nitrogens with one attached hydrogen (secondary N) is 2. The summed E-state index contributed by atoms with van der Waals surface area (Å²) in [4.78, 5) is 25.2. The number of amides is 2. The highest BCUT2D eigenvalue weighted by Crippen LogP contribution is 2.28. The van der Waals surface area contributed by atoms with Crippen molar-refractivity contribution in [3.63, 3.8) is 0 Å². The van der Waals surface area contributed by atoms with E-state index in [1.54, 1.807) is 24.3 Å². The fraction of sp³-hybridized carbons (Fsp3) is 0.158. The van der Waals surface area contributed by atoms with Gasteiger partial charge in [0.1, 0.15) is 0 Å². The molecule has 26 heavy (non-hydrogen) atoms. The number of carbonyl (C=O) groups excluding carboxylic acids is 2. The zero-order chi connectivity index (χ0) is 18.7. The van der Waals surface area contributed by atoms with E-state index in [2.05, 4.69) is 10.6 Å². The van der Waals surface area contributed by atoms with Gasteiger partial charge in [0.05, 0.1) is 22.2 Å². The lowest BCUT2D eigenvalue weighted by Gasteiger charge is -2.15. The highest BCUT2D eigenvalue weighted by molar-refractivity contribution is 7.18. The van der Waals surface area contributed by atoms with E-state index in [-0.39, 0.29) is 23.6 Å². The number of thiophene rings is 1. The van der Waals surface area contributed by atoms with Crippen LogP contribution in [0.25, 0.3) is 0 Å². The predicted molar refractivity (Wildman–Crippen MR) is 103 cm³/mol. The van der Waals surface area contributed by atoms with Gasteiger partial charge in [-0.1, -0.05) is 29.8 Å². The summed E-state index contributed by atoms with van der Waals surface area (Å²) >= 11 is 7.40. The Hall–Kier alpha value is -2.57. The topological polar surface area (TPSA) is 71.3 Å². The molecule has 0 saturated carbocycles. The Morgan fingerprint density at radius 3 is 2.62 bits per heavy atom. The van der Waals surface area contributed by atoms with Gasteiger partial charge in [0.25, 0.3) is 11.8 Å². The molecule has 0 saturated heterocycles. The summed E-state index contributed by atoms with van der Waals surface area (Å²) in [5.74, 6) is -0.347. The van der Waals surface area contributed by atoms with Gasteiger partial charge in [-0.25, -0.2) is 0 Å². The highest BCUT2D eigenvalue weighted by atomic mass is 35.5. The van der Waals surface area contributed by atoms with Crippen molar-refractivity contribution in [3.05, 3.63) is 75.5 Å². The number of hydrogen-bond donors (Lipinski definition) is 2. The minimum absolute atomic E-state index is 0.210. The number of furan rings is 1. The van der Waals surface area contributed by atoms with E-state index in [4.69, 9.17) is 16.0 Å². The van der Waals surface area contributed by atoms with Crippen LogP contribution in [0.1, 0.15) is 44.3 Å². The molecule has 3 rings (SSSR count). The van der Waals surface area contributed by atoms with Crippen molar-refractivity contribution in [1.82, 2.24) is 5.32 Å². The molecular formula is C19H17ClN2O3S. The zero-order valence-corrected chi connectivity index (χ0v) is 15.8. The van der Waals surface area contributed by atoms with E-state index in [0.717, 1.165) is 11.1 Å². The predicted octanol–water partition coefficient (Wildman–Crippen LogP) is 5.05. The molecular weight excluding hydrogens is 372 g/mol. The van der Waals surface area contributed by atoms with Crippen LogP contribution in [0.3, 0.4) is 0 Å². The maximum Gasteiger partial charge on any atom is 0.291 e. The quantitative estimate of drug-likeness (QED) is 0.642. The number of halogens is 1. The van der Waals surface area contributed by atoms with E-state index >= 15 is 0 Å². The third-order valence-corrected chi connectivity index (χ3v) is 5.32. The number of benzene rings is 1. The second kappa shape index (κ2) is 7.76. The molecule has 0 bridgehead atoms. The monoisotopic (exact) mass is 388 g/mol. The second-order valence-corrected chi connectivity index (χ2v) is 7.23. The molecule has 0 fully saturated rings. The standard InChI is InChI=1S/C19H17ClN2O3S/c1-11-10-16(22-18(23)15-8-5-9-25-15)26-17(11)19(24)21-12(2)13-6-3-4-7-14(13)20/h3-10,12H,1-2H3,(H,21,24)(H,22,23)/t12-/m0/s1. The van der Waals surface area contributed by atoms with Gasteiger partial charge in [-0.2, -0.15) is 0 Å². The van der Waals surface area contributed by atoms with Gasteiger partial charge in [0, 0.05) is 5.02 Å². The molecule has 2 amide bonds. The molecule has 2 aromatic heterocycles. The first-order valence-electron chi connectivity index (χ1n) is 7.96. The molecule has 0 spiro atoms. The SMILES string of the molecule is Cc1cc(NC(=O)c2ccco2)sc1C(=O)N[C@@H](C)c1ccccc1Cl. The molecule has 5 nitrogen and oxygen atoms in total. The second-order valence-electron chi connectivity index (χ2n) is 5.77. The minimum Gasteiger partial charge on any atom is -0.459 e. The zero-order valence-electron chi connectivity index (χ0n) is 14.2. The first-order chi connectivity index (χ1) is 12.5. The molecule has 7 heteroatoms. The van der Waals surface area contributed by atoms with Crippen LogP contribution in [-0.2, 0) is 0 Å². The van der Waals surface area contributed by atoms with Gasteiger partial charge in [0.15, 0.2) is 5.76 Å². The summed E-state index contributed by atoms with van der Waals surface area (Å²) in [6.45, 7) is 3.70. The lowest BCUT2D eigenvalue weighted by atomic mass is 10.1. The van der Waals surface area contributed by atoms with E-state index in [0.29, 0.717) is 14.9 Å². The van der Waals surface area contributed by atoms with E-state index in [1.807, 2.05) is 32.0 Å². The molecule has 0 aliphatic carbocycles. The van der Waals surface area contributed by atoms with E-state index < -0.39 is 0 Å². The maximum atomic E-state index is 12.6. The number of rotatable bonds is 5. The van der Waals surface area contributed by atoms with Crippen LogP contribution < -0.4 is 10.6 Å². The van der Waals surface area contributed by atoms with Crippen LogP contribution >= 0.6 is 22.9 Å². The Morgan fingerprint density at radius 1 is 1.15 bits per heavy atom. The number of aryl methyl sites for hydroxylation is 1. The molecule has 1 atom stereocenters. The van der Waals surface area contributed by atoms with Gasteiger partial charge in [0.2, 0.25) is 0 Å². The third kappa shape index (κ3) is 3.98. The molecule has 0 aliphatic heterocycles. The number of hydrogen-bond acceptors (Lipinski definition) is 4. The van der Waals surface area contributed by atoms with Crippen LogP contribution in [-0.4, -0.2) is 11.8 Å². The van der Waals surface area contributed by atoms with Gasteiger partial charge in [-0.15, -0.1) is 11.3 Å². The van der Waals surface area contributed by atoms with Gasteiger partial charge < -0.3 is 15.1 Å². The van der Waals surface area contributed by atoms with E-state index in [9.17, 15) is 9.59 Å². The molecule has 2 N–H and O–H groups in total. The van der Waals surface area contributed by atoms with Crippen molar-refractivity contribution in [2.75, 3.05) is 5.32 Å². The highest BCUT2D eigenvalue weighted by Gasteiger charge is 2.19. The molecule has 0 radical (unpaired) electrons. The summed E-state index contributed by atoms with van der Waals surface area (Å²) in [6.07, 6.45) is 1.43. The fourth-order valence-corrected chi connectivity index (χ4v) is 3.79. The molecule has 0 aliphatic rings. The van der Waals surface area contributed by atoms with Gasteiger partial charge >= 0.3 is 0 Å². The third-order valence-electron chi connectivity index (χ3n) is 3.83. The average molecular weight is 389 g/mol. The summed E-state index contributed by atoms with van der Waals surface area (Å²) in [7, 11) is 0. The van der Waals surface area contributed by atoms with Gasteiger partial charge in [-0.05, 0) is 49.2 Å². The Kier molecular flexibility index (Phi) is 5.44. The van der Waals surface area contributed by atoms with Crippen molar-refractivity contribution in [3.8, 4) is 0 Å². The Balaban J connectivity index is 1.71. The summed E-state index contributed by atoms with van der Waals surface area (Å²) in [5, 5.41) is 6.87. The normalized spacial score (nSPS) is 11.8. The van der Waals surface area contributed by atoms with Crippen LogP contribution in [0.2, 0.25) is 5.02 Å². The van der Waals surface area contributed by atoms with Crippen LogP contribution in [0.5, 0.6) is 0 Å². The van der Waals surface area contributed by atoms with E-state index in [1.165, 1.54) is 17.6 Å². The number of anilines is 1. The fourth-order valence-electron chi connectivity index (χ4n) is 2.52. The lowest BCUT2D eigenvalue weighted by Crippen LogP contribution is -2.26. The summed E-state index contributed by atoms with van der Waals surface area (Å²) in [5.41, 5.74) is 1.64. The van der Waals surface area contributed by atoms with Crippen LogP contribution in [0.15, 0.2) is 53.1 Å². The van der Waals surface area contributed by atoms with Crippen molar-refractivity contribution < 1.29 is 14.0 Å². The Labute approximate surface area is 160 Å². The molecule has 134 valence electrons. The summed E-state index contributed by atoms with van der Waals surface area (Å²) < 4.78 is 5.07. The molecule has 1 aromatic carbocycles. The largest absolute Gasteiger partial charge is 0.459 e. The number of carbonyl (C=O) groups is 2. The molecule has 2 heterocycles. The first kappa shape index (κ1) is 18.2. The summed E-state index contributed by atoms with van der Waals surface area (Å²) in [6, 6.07) is 12.1. The average Bonchev–Trinajstić information content (AvgIpc) is 3.25. The minimum atomic E-state index is -0.354. The van der Waals surface area contributed by atoms with Crippen LogP contribution in [0, 0.1) is 6.92 Å². The van der Waals surface area contributed by atoms with Crippen molar-refractivity contribution in [2.45, 2.75) is 19.9 Å². The van der Waals surface area contributed by atoms with Crippen molar-refractivity contribution in [1.29, 1.82) is 0 Å². The Bertz CT molecular complexity index is 934. The Morgan fingerprint density at radius 2 is 1.92 bits per heavy atom. The van der Waals surface area contributed by atoms with Gasteiger partial charge in [-0.3, -0.25) is 9.59 Å². The van der Waals surface area contributed by atoms with Crippen LogP contribution in [0.4, 0.5) is 5.00 Å².